The zero-order chi connectivity index (χ0) is 11.1. The molecular formula is C12H24N2O. The first-order chi connectivity index (χ1) is 7.22. The molecule has 1 aliphatic rings. The number of rotatable bonds is 6. The second kappa shape index (κ2) is 5.99. The van der Waals surface area contributed by atoms with Crippen molar-refractivity contribution in [2.24, 2.45) is 5.41 Å². The van der Waals surface area contributed by atoms with Crippen LogP contribution in [0.3, 0.4) is 0 Å². The molecule has 2 N–H and O–H groups in total. The topological polar surface area (TPSA) is 41.1 Å². The van der Waals surface area contributed by atoms with E-state index in [1.54, 1.807) is 0 Å². The van der Waals surface area contributed by atoms with Gasteiger partial charge in [-0.2, -0.15) is 0 Å². The number of unbranched alkanes of at least 4 members (excludes halogenated alkanes) is 2. The maximum atomic E-state index is 11.1. The van der Waals surface area contributed by atoms with Crippen molar-refractivity contribution in [2.75, 3.05) is 13.1 Å². The van der Waals surface area contributed by atoms with Crippen LogP contribution in [0.15, 0.2) is 0 Å². The van der Waals surface area contributed by atoms with Crippen molar-refractivity contribution in [3.8, 4) is 0 Å². The fraction of sp³-hybridized carbons (Fsp3) is 0.917. The summed E-state index contributed by atoms with van der Waals surface area (Å²) in [6.07, 6.45) is 7.47. The molecule has 2 amide bonds. The summed E-state index contributed by atoms with van der Waals surface area (Å²) >= 11 is 0. The van der Waals surface area contributed by atoms with E-state index in [-0.39, 0.29) is 6.03 Å². The van der Waals surface area contributed by atoms with Crippen LogP contribution >= 0.6 is 0 Å². The monoisotopic (exact) mass is 212 g/mol. The van der Waals surface area contributed by atoms with Crippen LogP contribution in [0.25, 0.3) is 0 Å². The molecule has 0 aromatic heterocycles. The first kappa shape index (κ1) is 12.3. The third-order valence-corrected chi connectivity index (χ3v) is 3.37. The Hall–Kier alpha value is -0.730. The predicted molar refractivity (Wildman–Crippen MR) is 62.9 cm³/mol. The highest BCUT2D eigenvalue weighted by Gasteiger charge is 2.32. The van der Waals surface area contributed by atoms with Gasteiger partial charge in [0.15, 0.2) is 0 Å². The Morgan fingerprint density at radius 3 is 1.93 bits per heavy atom. The Balaban J connectivity index is 2.47. The predicted octanol–water partition coefficient (Wildman–Crippen LogP) is 2.67. The molecule has 0 aliphatic carbocycles. The molecule has 0 atom stereocenters. The van der Waals surface area contributed by atoms with Crippen LogP contribution in [-0.2, 0) is 0 Å². The molecule has 1 heterocycles. The number of nitrogens with one attached hydrogen (secondary N) is 2. The fourth-order valence-electron chi connectivity index (χ4n) is 2.24. The molecule has 1 aliphatic heterocycles. The molecule has 0 unspecified atom stereocenters. The summed E-state index contributed by atoms with van der Waals surface area (Å²) in [5.41, 5.74) is 0.319. The van der Waals surface area contributed by atoms with Gasteiger partial charge in [-0.1, -0.05) is 39.5 Å². The highest BCUT2D eigenvalue weighted by molar-refractivity contribution is 5.74. The molecule has 0 aromatic carbocycles. The third-order valence-electron chi connectivity index (χ3n) is 3.37. The molecule has 3 nitrogen and oxygen atoms in total. The van der Waals surface area contributed by atoms with Crippen LogP contribution in [0, 0.1) is 5.41 Å². The van der Waals surface area contributed by atoms with E-state index >= 15 is 0 Å². The molecular weight excluding hydrogens is 188 g/mol. The van der Waals surface area contributed by atoms with Gasteiger partial charge in [0.05, 0.1) is 0 Å². The van der Waals surface area contributed by atoms with Crippen molar-refractivity contribution < 1.29 is 4.79 Å². The summed E-state index contributed by atoms with van der Waals surface area (Å²) < 4.78 is 0. The number of hydrogen-bond acceptors (Lipinski definition) is 1. The molecule has 0 radical (unpaired) electrons. The van der Waals surface area contributed by atoms with Crippen LogP contribution in [0.1, 0.15) is 52.4 Å². The van der Waals surface area contributed by atoms with Gasteiger partial charge in [-0.05, 0) is 12.8 Å². The molecule has 0 aromatic rings. The standard InChI is InChI=1S/C12H24N2O/c1-3-5-7-12(8-6-4-2)9-13-11(15)14-10-12/h3-10H2,1-2H3,(H2,13,14,15). The lowest BCUT2D eigenvalue weighted by Crippen LogP contribution is -2.54. The van der Waals surface area contributed by atoms with E-state index in [1.165, 1.54) is 38.5 Å². The van der Waals surface area contributed by atoms with E-state index in [9.17, 15) is 4.79 Å². The Bertz CT molecular complexity index is 184. The van der Waals surface area contributed by atoms with E-state index in [4.69, 9.17) is 0 Å². The molecule has 0 saturated carbocycles. The number of urea groups is 1. The van der Waals surface area contributed by atoms with Gasteiger partial charge >= 0.3 is 6.03 Å². The molecule has 15 heavy (non-hydrogen) atoms. The van der Waals surface area contributed by atoms with Gasteiger partial charge in [0, 0.05) is 18.5 Å². The maximum Gasteiger partial charge on any atom is 0.314 e. The Labute approximate surface area is 93.0 Å². The summed E-state index contributed by atoms with van der Waals surface area (Å²) in [4.78, 5) is 11.1. The highest BCUT2D eigenvalue weighted by atomic mass is 16.2. The SMILES string of the molecule is CCCCC1(CCCC)CNC(=O)NC1. The molecule has 1 saturated heterocycles. The van der Waals surface area contributed by atoms with Gasteiger partial charge in [0.25, 0.3) is 0 Å². The Kier molecular flexibility index (Phi) is 4.92. The van der Waals surface area contributed by atoms with E-state index in [1.807, 2.05) is 0 Å². The molecule has 1 fully saturated rings. The smallest absolute Gasteiger partial charge is 0.314 e. The minimum atomic E-state index is -0.00128. The normalized spacial score (nSPS) is 19.5. The molecule has 88 valence electrons. The minimum Gasteiger partial charge on any atom is -0.338 e. The highest BCUT2D eigenvalue weighted by Crippen LogP contribution is 2.31. The zero-order valence-electron chi connectivity index (χ0n) is 10.1. The first-order valence-electron chi connectivity index (χ1n) is 6.24. The second-order valence-corrected chi connectivity index (χ2v) is 4.74. The van der Waals surface area contributed by atoms with Crippen LogP contribution in [0.2, 0.25) is 0 Å². The summed E-state index contributed by atoms with van der Waals surface area (Å²) in [5.74, 6) is 0. The van der Waals surface area contributed by atoms with Crippen LogP contribution in [-0.4, -0.2) is 19.1 Å². The average molecular weight is 212 g/mol. The quantitative estimate of drug-likeness (QED) is 0.698. The van der Waals surface area contributed by atoms with E-state index in [0.717, 1.165) is 13.1 Å². The molecule has 0 spiro atoms. The number of carbonyl (C=O) groups excluding carboxylic acids is 1. The van der Waals surface area contributed by atoms with Crippen LogP contribution in [0.5, 0.6) is 0 Å². The van der Waals surface area contributed by atoms with Gasteiger partial charge < -0.3 is 10.6 Å². The maximum absolute atomic E-state index is 11.1. The summed E-state index contributed by atoms with van der Waals surface area (Å²) in [5, 5.41) is 5.88. The van der Waals surface area contributed by atoms with Gasteiger partial charge in [-0.3, -0.25) is 0 Å². The lowest BCUT2D eigenvalue weighted by molar-refractivity contribution is 0.172. The minimum absolute atomic E-state index is 0.00128. The van der Waals surface area contributed by atoms with Crippen molar-refractivity contribution in [3.05, 3.63) is 0 Å². The van der Waals surface area contributed by atoms with Crippen molar-refractivity contribution >= 4 is 6.03 Å². The van der Waals surface area contributed by atoms with Gasteiger partial charge in [-0.15, -0.1) is 0 Å². The van der Waals surface area contributed by atoms with Gasteiger partial charge in [0.2, 0.25) is 0 Å². The van der Waals surface area contributed by atoms with E-state index in [0.29, 0.717) is 5.41 Å². The largest absolute Gasteiger partial charge is 0.338 e. The Morgan fingerprint density at radius 1 is 1.07 bits per heavy atom. The van der Waals surface area contributed by atoms with Gasteiger partial charge in [-0.25, -0.2) is 4.79 Å². The van der Waals surface area contributed by atoms with Gasteiger partial charge in [0.1, 0.15) is 0 Å². The van der Waals surface area contributed by atoms with E-state index in [2.05, 4.69) is 24.5 Å². The first-order valence-corrected chi connectivity index (χ1v) is 6.24. The Morgan fingerprint density at radius 2 is 1.53 bits per heavy atom. The lowest BCUT2D eigenvalue weighted by Gasteiger charge is -2.38. The third kappa shape index (κ3) is 3.73. The van der Waals surface area contributed by atoms with Crippen molar-refractivity contribution in [1.82, 2.24) is 10.6 Å². The summed E-state index contributed by atoms with van der Waals surface area (Å²) in [7, 11) is 0. The van der Waals surface area contributed by atoms with E-state index < -0.39 is 0 Å². The summed E-state index contributed by atoms with van der Waals surface area (Å²) in [6.45, 7) is 6.17. The van der Waals surface area contributed by atoms with Crippen molar-refractivity contribution in [2.45, 2.75) is 52.4 Å². The van der Waals surface area contributed by atoms with Crippen LogP contribution < -0.4 is 10.6 Å². The van der Waals surface area contributed by atoms with Crippen LogP contribution in [0.4, 0.5) is 4.79 Å². The fourth-order valence-corrected chi connectivity index (χ4v) is 2.24. The second-order valence-electron chi connectivity index (χ2n) is 4.74. The molecule has 1 rings (SSSR count). The van der Waals surface area contributed by atoms with Crippen molar-refractivity contribution in [1.29, 1.82) is 0 Å². The van der Waals surface area contributed by atoms with Crippen molar-refractivity contribution in [3.63, 3.8) is 0 Å². The zero-order valence-corrected chi connectivity index (χ0v) is 10.1. The number of hydrogen-bond donors (Lipinski definition) is 2. The summed E-state index contributed by atoms with van der Waals surface area (Å²) in [6, 6.07) is -0.00128. The lowest BCUT2D eigenvalue weighted by atomic mass is 9.77. The molecule has 0 bridgehead atoms. The molecule has 3 heteroatoms. The number of carbonyl (C=O) groups is 1. The average Bonchev–Trinajstić information content (AvgIpc) is 2.27. The number of amides is 2.